The van der Waals surface area contributed by atoms with E-state index in [-0.39, 0.29) is 0 Å². The van der Waals surface area contributed by atoms with Gasteiger partial charge in [0.2, 0.25) is 0 Å². The van der Waals surface area contributed by atoms with Crippen molar-refractivity contribution < 1.29 is 0 Å². The van der Waals surface area contributed by atoms with Crippen molar-refractivity contribution >= 4 is 0 Å². The molecular weight excluding hydrogens is 220 g/mol. The Labute approximate surface area is 114 Å². The van der Waals surface area contributed by atoms with Crippen molar-refractivity contribution in [1.29, 1.82) is 0 Å². The molecule has 0 radical (unpaired) electrons. The molecule has 0 aromatic heterocycles. The van der Waals surface area contributed by atoms with E-state index >= 15 is 0 Å². The van der Waals surface area contributed by atoms with Crippen LogP contribution in [0, 0.1) is 18.3 Å². The second kappa shape index (κ2) is 7.16. The first kappa shape index (κ1) is 15.5. The van der Waals surface area contributed by atoms with Gasteiger partial charge in [0.05, 0.1) is 0 Å². The summed E-state index contributed by atoms with van der Waals surface area (Å²) < 4.78 is 0. The minimum Gasteiger partial charge on any atom is -0.315 e. The van der Waals surface area contributed by atoms with Gasteiger partial charge in [-0.3, -0.25) is 0 Å². The lowest BCUT2D eigenvalue weighted by Gasteiger charge is -2.50. The average Bonchev–Trinajstić information content (AvgIpc) is 2.36. The van der Waals surface area contributed by atoms with E-state index in [0.717, 1.165) is 18.8 Å². The molecule has 2 nitrogen and oxygen atoms in total. The standard InChI is InChI=1S/C16H30N2/c1-6-7-8-9-15(17-3)16(18(4)5)12-10-14(2)11-13-16/h1,14-15,17H,7-13H2,2-5H3. The Balaban J connectivity index is 2.72. The van der Waals surface area contributed by atoms with Crippen molar-refractivity contribution in [1.82, 2.24) is 10.2 Å². The smallest absolute Gasteiger partial charge is 0.0356 e. The summed E-state index contributed by atoms with van der Waals surface area (Å²) in [5.41, 5.74) is 0.329. The summed E-state index contributed by atoms with van der Waals surface area (Å²) in [6, 6.07) is 0.563. The third-order valence-electron chi connectivity index (χ3n) is 4.84. The lowest BCUT2D eigenvalue weighted by atomic mass is 9.71. The fourth-order valence-electron chi connectivity index (χ4n) is 3.46. The molecule has 0 amide bonds. The molecule has 1 N–H and O–H groups in total. The van der Waals surface area contributed by atoms with Gasteiger partial charge < -0.3 is 10.2 Å². The number of hydrogen-bond acceptors (Lipinski definition) is 2. The molecule has 0 aliphatic heterocycles. The Morgan fingerprint density at radius 3 is 2.44 bits per heavy atom. The lowest BCUT2D eigenvalue weighted by Crippen LogP contribution is -2.59. The van der Waals surface area contributed by atoms with Crippen LogP contribution in [0.5, 0.6) is 0 Å². The summed E-state index contributed by atoms with van der Waals surface area (Å²) in [4.78, 5) is 2.45. The Hall–Kier alpha value is -0.520. The maximum Gasteiger partial charge on any atom is 0.0356 e. The van der Waals surface area contributed by atoms with E-state index in [9.17, 15) is 0 Å². The predicted octanol–water partition coefficient (Wildman–Crippen LogP) is 2.89. The fraction of sp³-hybridized carbons (Fsp3) is 0.875. The third kappa shape index (κ3) is 3.49. The second-order valence-electron chi connectivity index (χ2n) is 6.12. The Morgan fingerprint density at radius 2 is 2.00 bits per heavy atom. The minimum atomic E-state index is 0.329. The number of nitrogens with one attached hydrogen (secondary N) is 1. The molecule has 2 heteroatoms. The van der Waals surface area contributed by atoms with Crippen molar-refractivity contribution in [2.24, 2.45) is 5.92 Å². The highest BCUT2D eigenvalue weighted by Crippen LogP contribution is 2.38. The summed E-state index contributed by atoms with van der Waals surface area (Å²) in [5.74, 6) is 3.65. The average molecular weight is 250 g/mol. The normalized spacial score (nSPS) is 30.1. The molecule has 1 rings (SSSR count). The molecule has 1 fully saturated rings. The molecule has 104 valence electrons. The first-order valence-corrected chi connectivity index (χ1v) is 7.35. The van der Waals surface area contributed by atoms with E-state index in [0.29, 0.717) is 11.6 Å². The van der Waals surface area contributed by atoms with E-state index in [1.807, 2.05) is 0 Å². The van der Waals surface area contributed by atoms with Crippen molar-refractivity contribution in [3.63, 3.8) is 0 Å². The van der Waals surface area contributed by atoms with E-state index in [1.54, 1.807) is 0 Å². The molecule has 0 bridgehead atoms. The van der Waals surface area contributed by atoms with Crippen molar-refractivity contribution in [3.8, 4) is 12.3 Å². The van der Waals surface area contributed by atoms with Gasteiger partial charge in [-0.1, -0.05) is 6.92 Å². The lowest BCUT2D eigenvalue weighted by molar-refractivity contribution is 0.0425. The minimum absolute atomic E-state index is 0.329. The zero-order chi connectivity index (χ0) is 13.6. The molecule has 1 aliphatic rings. The summed E-state index contributed by atoms with van der Waals surface area (Å²) in [6.45, 7) is 2.38. The highest BCUT2D eigenvalue weighted by Gasteiger charge is 2.41. The molecule has 0 saturated heterocycles. The van der Waals surface area contributed by atoms with Crippen molar-refractivity contribution in [2.45, 2.75) is 63.5 Å². The van der Waals surface area contributed by atoms with Gasteiger partial charge in [0, 0.05) is 18.0 Å². The van der Waals surface area contributed by atoms with Crippen LogP contribution in [0.1, 0.15) is 51.9 Å². The largest absolute Gasteiger partial charge is 0.315 e. The van der Waals surface area contributed by atoms with Crippen molar-refractivity contribution in [2.75, 3.05) is 21.1 Å². The van der Waals surface area contributed by atoms with Gasteiger partial charge in [0.15, 0.2) is 0 Å². The summed E-state index contributed by atoms with van der Waals surface area (Å²) in [5, 5.41) is 3.56. The van der Waals surface area contributed by atoms with E-state index < -0.39 is 0 Å². The van der Waals surface area contributed by atoms with Gasteiger partial charge in [0.25, 0.3) is 0 Å². The predicted molar refractivity (Wildman–Crippen MR) is 79.6 cm³/mol. The summed E-state index contributed by atoms with van der Waals surface area (Å²) in [7, 11) is 6.58. The Morgan fingerprint density at radius 1 is 1.39 bits per heavy atom. The van der Waals surface area contributed by atoms with Gasteiger partial charge in [0.1, 0.15) is 0 Å². The Bertz CT molecular complexity index is 269. The van der Waals surface area contributed by atoms with Crippen LogP contribution in [-0.2, 0) is 0 Å². The van der Waals surface area contributed by atoms with Crippen LogP contribution in [0.4, 0.5) is 0 Å². The van der Waals surface area contributed by atoms with Crippen LogP contribution >= 0.6 is 0 Å². The Kier molecular flexibility index (Phi) is 6.18. The highest BCUT2D eigenvalue weighted by molar-refractivity contribution is 5.01. The first-order valence-electron chi connectivity index (χ1n) is 7.35. The van der Waals surface area contributed by atoms with Crippen LogP contribution in [0.25, 0.3) is 0 Å². The van der Waals surface area contributed by atoms with Crippen LogP contribution in [0.3, 0.4) is 0 Å². The monoisotopic (exact) mass is 250 g/mol. The van der Waals surface area contributed by atoms with Gasteiger partial charge in [-0.15, -0.1) is 12.3 Å². The first-order chi connectivity index (χ1) is 8.56. The third-order valence-corrected chi connectivity index (χ3v) is 4.84. The molecule has 1 saturated carbocycles. The van der Waals surface area contributed by atoms with E-state index in [2.05, 4.69) is 44.2 Å². The number of hydrogen-bond donors (Lipinski definition) is 1. The summed E-state index contributed by atoms with van der Waals surface area (Å²) >= 11 is 0. The molecule has 0 spiro atoms. The second-order valence-corrected chi connectivity index (χ2v) is 6.12. The molecular formula is C16H30N2. The molecule has 1 atom stereocenters. The molecule has 0 aromatic carbocycles. The maximum absolute atomic E-state index is 5.36. The molecule has 1 unspecified atom stereocenters. The van der Waals surface area contributed by atoms with Crippen molar-refractivity contribution in [3.05, 3.63) is 0 Å². The van der Waals surface area contributed by atoms with Crippen LogP contribution in [0.2, 0.25) is 0 Å². The molecule has 1 aliphatic carbocycles. The zero-order valence-corrected chi connectivity index (χ0v) is 12.6. The maximum atomic E-state index is 5.36. The van der Waals surface area contributed by atoms with Gasteiger partial charge in [-0.05, 0) is 65.6 Å². The summed E-state index contributed by atoms with van der Waals surface area (Å²) in [6.07, 6.45) is 13.9. The number of likely N-dealkylation sites (N-methyl/N-ethyl adjacent to an activating group) is 2. The number of unbranched alkanes of at least 4 members (excludes halogenated alkanes) is 1. The molecule has 0 heterocycles. The van der Waals surface area contributed by atoms with Crippen LogP contribution < -0.4 is 5.32 Å². The highest BCUT2D eigenvalue weighted by atomic mass is 15.2. The quantitative estimate of drug-likeness (QED) is 0.576. The van der Waals surface area contributed by atoms with Gasteiger partial charge >= 0.3 is 0 Å². The van der Waals surface area contributed by atoms with E-state index in [1.165, 1.54) is 32.1 Å². The fourth-order valence-corrected chi connectivity index (χ4v) is 3.46. The van der Waals surface area contributed by atoms with E-state index in [4.69, 9.17) is 6.42 Å². The number of terminal acetylenes is 1. The van der Waals surface area contributed by atoms with Gasteiger partial charge in [-0.2, -0.15) is 0 Å². The van der Waals surface area contributed by atoms with Gasteiger partial charge in [-0.25, -0.2) is 0 Å². The van der Waals surface area contributed by atoms with Crippen LogP contribution in [-0.4, -0.2) is 37.6 Å². The zero-order valence-electron chi connectivity index (χ0n) is 12.6. The SMILES string of the molecule is C#CCCCC(NC)C1(N(C)C)CCC(C)CC1. The number of rotatable bonds is 6. The molecule has 18 heavy (non-hydrogen) atoms. The number of nitrogens with zero attached hydrogens (tertiary/aromatic N) is 1. The van der Waals surface area contributed by atoms with Crippen LogP contribution in [0.15, 0.2) is 0 Å². The topological polar surface area (TPSA) is 15.3 Å². The molecule has 0 aromatic rings.